The molecule has 0 amide bonds. The second-order valence-electron chi connectivity index (χ2n) is 5.27. The minimum absolute atomic E-state index is 0.00581. The van der Waals surface area contributed by atoms with Gasteiger partial charge >= 0.3 is 6.18 Å². The third-order valence-electron chi connectivity index (χ3n) is 2.30. The molecule has 1 aromatic heterocycles. The molecular weight excluding hydrogens is 287 g/mol. The highest BCUT2D eigenvalue weighted by atomic mass is 19.4. The number of ether oxygens (including phenoxy) is 2. The van der Waals surface area contributed by atoms with Crippen molar-refractivity contribution in [3.05, 3.63) is 23.4 Å². The fourth-order valence-corrected chi connectivity index (χ4v) is 1.40. The minimum Gasteiger partial charge on any atom is -0.475 e. The summed E-state index contributed by atoms with van der Waals surface area (Å²) < 4.78 is 48.4. The summed E-state index contributed by atoms with van der Waals surface area (Å²) in [6, 6.07) is 1.83. The highest BCUT2D eigenvalue weighted by molar-refractivity contribution is 5.97. The van der Waals surface area contributed by atoms with Crippen LogP contribution in [0.1, 0.15) is 32.0 Å². The first-order valence-electron chi connectivity index (χ1n) is 6.20. The number of aromatic nitrogens is 1. The van der Waals surface area contributed by atoms with Crippen LogP contribution in [0.3, 0.4) is 0 Å². The molecule has 0 bridgehead atoms. The van der Waals surface area contributed by atoms with Crippen molar-refractivity contribution in [1.82, 2.24) is 4.98 Å². The Balaban J connectivity index is 2.85. The number of hydrogen-bond acceptors (Lipinski definition) is 4. The monoisotopic (exact) mass is 305 g/mol. The molecule has 5 nitrogen and oxygen atoms in total. The summed E-state index contributed by atoms with van der Waals surface area (Å²) in [7, 11) is 0. The van der Waals surface area contributed by atoms with Crippen LogP contribution in [0.25, 0.3) is 0 Å². The van der Waals surface area contributed by atoms with Gasteiger partial charge in [0.15, 0.2) is 0 Å². The number of halogens is 3. The molecule has 0 aliphatic heterocycles. The van der Waals surface area contributed by atoms with Gasteiger partial charge in [-0.2, -0.15) is 13.2 Å². The molecule has 3 N–H and O–H groups in total. The molecule has 1 rings (SSSR count). The van der Waals surface area contributed by atoms with E-state index in [-0.39, 0.29) is 30.3 Å². The van der Waals surface area contributed by atoms with Gasteiger partial charge in [0.05, 0.1) is 17.8 Å². The molecular formula is C13H18F3N3O2. The first-order valence-corrected chi connectivity index (χ1v) is 6.20. The number of pyridine rings is 1. The summed E-state index contributed by atoms with van der Waals surface area (Å²) in [5.41, 5.74) is 3.83. The SMILES string of the molecule is CC(C)(C)OCCOc1nc(C(F)(F)F)ccc1C(=N)N. The molecule has 8 heteroatoms. The van der Waals surface area contributed by atoms with Crippen molar-refractivity contribution in [2.24, 2.45) is 5.73 Å². The Hall–Kier alpha value is -1.83. The number of hydrogen-bond donors (Lipinski definition) is 2. The molecule has 0 aromatic carbocycles. The summed E-state index contributed by atoms with van der Waals surface area (Å²) in [5, 5.41) is 7.33. The lowest BCUT2D eigenvalue weighted by Gasteiger charge is -2.19. The molecule has 118 valence electrons. The number of nitrogens with zero attached hydrogens (tertiary/aromatic N) is 1. The summed E-state index contributed by atoms with van der Waals surface area (Å²) in [5.74, 6) is -0.738. The fourth-order valence-electron chi connectivity index (χ4n) is 1.40. The highest BCUT2D eigenvalue weighted by Gasteiger charge is 2.33. The van der Waals surface area contributed by atoms with Crippen LogP contribution in [-0.2, 0) is 10.9 Å². The fraction of sp³-hybridized carbons (Fsp3) is 0.538. The van der Waals surface area contributed by atoms with Crippen LogP contribution >= 0.6 is 0 Å². The maximum atomic E-state index is 12.6. The highest BCUT2D eigenvalue weighted by Crippen LogP contribution is 2.30. The average molecular weight is 305 g/mol. The Labute approximate surface area is 120 Å². The Morgan fingerprint density at radius 1 is 1.24 bits per heavy atom. The smallest absolute Gasteiger partial charge is 0.433 e. The van der Waals surface area contributed by atoms with E-state index in [2.05, 4.69) is 4.98 Å². The van der Waals surface area contributed by atoms with Gasteiger partial charge in [-0.3, -0.25) is 5.41 Å². The molecule has 0 aliphatic rings. The molecule has 1 aromatic rings. The van der Waals surface area contributed by atoms with Gasteiger partial charge in [-0.05, 0) is 32.9 Å². The summed E-state index contributed by atoms with van der Waals surface area (Å²) in [4.78, 5) is 3.38. The van der Waals surface area contributed by atoms with E-state index >= 15 is 0 Å². The molecule has 0 spiro atoms. The first-order chi connectivity index (χ1) is 9.50. The van der Waals surface area contributed by atoms with E-state index < -0.39 is 17.7 Å². The van der Waals surface area contributed by atoms with Crippen LogP contribution in [0.2, 0.25) is 0 Å². The van der Waals surface area contributed by atoms with Gasteiger partial charge in [0.25, 0.3) is 0 Å². The first kappa shape index (κ1) is 17.2. The molecule has 0 saturated heterocycles. The zero-order valence-corrected chi connectivity index (χ0v) is 12.0. The number of nitrogens with one attached hydrogen (secondary N) is 1. The predicted molar refractivity (Wildman–Crippen MR) is 71.5 cm³/mol. The molecule has 0 atom stereocenters. The van der Waals surface area contributed by atoms with Crippen LogP contribution in [0.5, 0.6) is 5.88 Å². The predicted octanol–water partition coefficient (Wildman–Crippen LogP) is 2.58. The zero-order chi connectivity index (χ0) is 16.3. The molecule has 0 radical (unpaired) electrons. The van der Waals surface area contributed by atoms with Crippen LogP contribution in [0.4, 0.5) is 13.2 Å². The van der Waals surface area contributed by atoms with Crippen LogP contribution in [0.15, 0.2) is 12.1 Å². The van der Waals surface area contributed by atoms with Crippen molar-refractivity contribution in [1.29, 1.82) is 5.41 Å². The number of alkyl halides is 3. The number of nitrogens with two attached hydrogens (primary N) is 1. The largest absolute Gasteiger partial charge is 0.475 e. The zero-order valence-electron chi connectivity index (χ0n) is 12.0. The molecule has 0 aliphatic carbocycles. The van der Waals surface area contributed by atoms with Gasteiger partial charge in [-0.1, -0.05) is 0 Å². The molecule has 0 saturated carbocycles. The van der Waals surface area contributed by atoms with Gasteiger partial charge in [0, 0.05) is 0 Å². The van der Waals surface area contributed by atoms with Gasteiger partial charge in [0.1, 0.15) is 18.1 Å². The van der Waals surface area contributed by atoms with Crippen molar-refractivity contribution in [3.8, 4) is 5.88 Å². The maximum Gasteiger partial charge on any atom is 0.433 e. The van der Waals surface area contributed by atoms with Crippen molar-refractivity contribution < 1.29 is 22.6 Å². The third kappa shape index (κ3) is 5.58. The van der Waals surface area contributed by atoms with Gasteiger partial charge in [-0.25, -0.2) is 4.98 Å². The van der Waals surface area contributed by atoms with Crippen LogP contribution in [0, 0.1) is 5.41 Å². The van der Waals surface area contributed by atoms with E-state index in [1.807, 2.05) is 20.8 Å². The second kappa shape index (κ2) is 6.30. The van der Waals surface area contributed by atoms with Gasteiger partial charge < -0.3 is 15.2 Å². The summed E-state index contributed by atoms with van der Waals surface area (Å²) in [6.07, 6.45) is -4.59. The number of amidine groups is 1. The van der Waals surface area contributed by atoms with Crippen LogP contribution < -0.4 is 10.5 Å². The second-order valence-corrected chi connectivity index (χ2v) is 5.27. The van der Waals surface area contributed by atoms with E-state index in [0.29, 0.717) is 0 Å². The normalized spacial score (nSPS) is 12.3. The summed E-state index contributed by atoms with van der Waals surface area (Å²) >= 11 is 0. The van der Waals surface area contributed by atoms with Crippen molar-refractivity contribution in [3.63, 3.8) is 0 Å². The van der Waals surface area contributed by atoms with Gasteiger partial charge in [0.2, 0.25) is 5.88 Å². The quantitative estimate of drug-likeness (QED) is 0.498. The number of nitrogen functional groups attached to an aromatic ring is 1. The summed E-state index contributed by atoms with van der Waals surface area (Å²) in [6.45, 7) is 5.72. The third-order valence-corrected chi connectivity index (χ3v) is 2.30. The molecule has 21 heavy (non-hydrogen) atoms. The minimum atomic E-state index is -4.59. The van der Waals surface area contributed by atoms with E-state index in [1.54, 1.807) is 0 Å². The topological polar surface area (TPSA) is 81.2 Å². The maximum absolute atomic E-state index is 12.6. The Morgan fingerprint density at radius 2 is 1.86 bits per heavy atom. The molecule has 1 heterocycles. The van der Waals surface area contributed by atoms with E-state index in [9.17, 15) is 13.2 Å². The lowest BCUT2D eigenvalue weighted by Crippen LogP contribution is -2.23. The average Bonchev–Trinajstić information content (AvgIpc) is 2.32. The lowest BCUT2D eigenvalue weighted by atomic mass is 10.2. The lowest BCUT2D eigenvalue weighted by molar-refractivity contribution is -0.141. The Bertz CT molecular complexity index is 510. The van der Waals surface area contributed by atoms with Crippen molar-refractivity contribution in [2.45, 2.75) is 32.5 Å². The van der Waals surface area contributed by atoms with E-state index in [0.717, 1.165) is 12.1 Å². The standard InChI is InChI=1S/C13H18F3N3O2/c1-12(2,3)21-7-6-20-11-8(10(17)18)4-5-9(19-11)13(14,15)16/h4-5H,6-7H2,1-3H3,(H3,17,18). The number of rotatable bonds is 5. The van der Waals surface area contributed by atoms with Gasteiger partial charge in [-0.15, -0.1) is 0 Å². The molecule has 0 fully saturated rings. The molecule has 0 unspecified atom stereocenters. The van der Waals surface area contributed by atoms with E-state index in [4.69, 9.17) is 20.6 Å². The Kier molecular flexibility index (Phi) is 5.16. The van der Waals surface area contributed by atoms with Crippen molar-refractivity contribution in [2.75, 3.05) is 13.2 Å². The van der Waals surface area contributed by atoms with E-state index in [1.165, 1.54) is 0 Å². The van der Waals surface area contributed by atoms with Crippen LogP contribution in [-0.4, -0.2) is 29.6 Å². The Morgan fingerprint density at radius 3 is 2.33 bits per heavy atom. The van der Waals surface area contributed by atoms with Crippen molar-refractivity contribution >= 4 is 5.84 Å².